The number of hydrogen-bond acceptors (Lipinski definition) is 7. The number of rotatable bonds is 7. The summed E-state index contributed by atoms with van der Waals surface area (Å²) in [7, 11) is 0. The van der Waals surface area contributed by atoms with Gasteiger partial charge in [0, 0.05) is 63.7 Å². The smallest absolute Gasteiger partial charge is 0.164 e. The Kier molecular flexibility index (Phi) is 7.74. The summed E-state index contributed by atoms with van der Waals surface area (Å²) in [6.45, 7) is 0. The zero-order valence-electron chi connectivity index (χ0n) is 25.7. The van der Waals surface area contributed by atoms with Crippen LogP contribution in [0.5, 0.6) is 0 Å². The van der Waals surface area contributed by atoms with E-state index in [4.69, 9.17) is 24.9 Å². The summed E-state index contributed by atoms with van der Waals surface area (Å²) in [5.74, 6) is 1.84. The molecular weight excluding hydrogens is 591 g/mol. The Hall–Kier alpha value is -6.73. The van der Waals surface area contributed by atoms with E-state index in [-0.39, 0.29) is 0 Å². The molecule has 3 aromatic carbocycles. The molecule has 5 heterocycles. The van der Waals surface area contributed by atoms with Gasteiger partial charge in [-0.15, -0.1) is 0 Å². The molecule has 0 fully saturated rings. The normalized spacial score (nSPS) is 10.9. The first kappa shape index (κ1) is 28.7. The van der Waals surface area contributed by atoms with Crippen molar-refractivity contribution in [2.45, 2.75) is 0 Å². The van der Waals surface area contributed by atoms with Crippen molar-refractivity contribution < 1.29 is 0 Å². The molecule has 8 rings (SSSR count). The van der Waals surface area contributed by atoms with Gasteiger partial charge in [-0.1, -0.05) is 84.9 Å². The summed E-state index contributed by atoms with van der Waals surface area (Å²) >= 11 is 0. The zero-order valence-corrected chi connectivity index (χ0v) is 25.7. The largest absolute Gasteiger partial charge is 0.264 e. The molecule has 8 aromatic rings. The van der Waals surface area contributed by atoms with Crippen LogP contribution in [0.25, 0.3) is 79.2 Å². The SMILES string of the molecule is c1ccc(-c2nc(-c3ccccc3)nc(-c3cccc(-c4cccc(-c5cc(-c6cccnc6)nc(-c6cccnc6)c5)n4)c3)n2)cc1. The van der Waals surface area contributed by atoms with Gasteiger partial charge in [0.2, 0.25) is 0 Å². The average Bonchev–Trinajstić information content (AvgIpc) is 3.19. The molecule has 0 aliphatic heterocycles. The molecule has 0 radical (unpaired) electrons. The van der Waals surface area contributed by atoms with Gasteiger partial charge in [-0.05, 0) is 54.6 Å². The summed E-state index contributed by atoms with van der Waals surface area (Å²) < 4.78 is 0. The summed E-state index contributed by atoms with van der Waals surface area (Å²) in [4.78, 5) is 33.4. The van der Waals surface area contributed by atoms with E-state index >= 15 is 0 Å². The van der Waals surface area contributed by atoms with Crippen LogP contribution >= 0.6 is 0 Å². The molecule has 0 unspecified atom stereocenters. The lowest BCUT2D eigenvalue weighted by molar-refractivity contribution is 1.07. The molecule has 0 amide bonds. The van der Waals surface area contributed by atoms with Gasteiger partial charge in [0.1, 0.15) is 0 Å². The minimum Gasteiger partial charge on any atom is -0.264 e. The molecule has 5 aromatic heterocycles. The topological polar surface area (TPSA) is 90.2 Å². The molecule has 0 aliphatic carbocycles. The van der Waals surface area contributed by atoms with Gasteiger partial charge in [0.05, 0.1) is 22.8 Å². The molecule has 0 spiro atoms. The number of nitrogens with zero attached hydrogens (tertiary/aromatic N) is 7. The van der Waals surface area contributed by atoms with Crippen molar-refractivity contribution in [2.24, 2.45) is 0 Å². The standard InChI is InChI=1S/C41H27N7/c1-3-11-28(12-4-1)39-46-40(29-13-5-2-6-14-29)48-41(47-39)31-16-7-15-30(23-31)35-19-8-20-36(44-35)34-24-37(32-17-9-21-42-26-32)45-38(25-34)33-18-10-22-43-27-33/h1-27H. The number of benzene rings is 3. The second-order valence-corrected chi connectivity index (χ2v) is 11.1. The van der Waals surface area contributed by atoms with Crippen molar-refractivity contribution in [2.75, 3.05) is 0 Å². The Bertz CT molecular complexity index is 2050. The molecule has 0 N–H and O–H groups in total. The van der Waals surface area contributed by atoms with Crippen molar-refractivity contribution in [3.05, 3.63) is 164 Å². The van der Waals surface area contributed by atoms with Gasteiger partial charge in [-0.25, -0.2) is 24.9 Å². The predicted molar refractivity (Wildman–Crippen MR) is 189 cm³/mol. The fraction of sp³-hybridized carbons (Fsp3) is 0. The molecule has 0 aliphatic rings. The highest BCUT2D eigenvalue weighted by Gasteiger charge is 2.14. The monoisotopic (exact) mass is 617 g/mol. The van der Waals surface area contributed by atoms with E-state index in [1.54, 1.807) is 12.4 Å². The van der Waals surface area contributed by atoms with E-state index in [0.29, 0.717) is 17.5 Å². The highest BCUT2D eigenvalue weighted by atomic mass is 15.0. The van der Waals surface area contributed by atoms with Crippen LogP contribution in [-0.2, 0) is 0 Å². The number of pyridine rings is 4. The van der Waals surface area contributed by atoms with Gasteiger partial charge in [0.25, 0.3) is 0 Å². The lowest BCUT2D eigenvalue weighted by Gasteiger charge is -2.11. The van der Waals surface area contributed by atoms with Gasteiger partial charge < -0.3 is 0 Å². The number of hydrogen-bond donors (Lipinski definition) is 0. The van der Waals surface area contributed by atoms with E-state index in [1.165, 1.54) is 0 Å². The summed E-state index contributed by atoms with van der Waals surface area (Å²) in [5.41, 5.74) is 9.76. The van der Waals surface area contributed by atoms with Crippen LogP contribution < -0.4 is 0 Å². The van der Waals surface area contributed by atoms with Crippen LogP contribution in [0.1, 0.15) is 0 Å². The third-order valence-electron chi connectivity index (χ3n) is 7.90. The molecule has 48 heavy (non-hydrogen) atoms. The zero-order chi connectivity index (χ0) is 32.1. The molecule has 7 heteroatoms. The third-order valence-corrected chi connectivity index (χ3v) is 7.90. The summed E-state index contributed by atoms with van der Waals surface area (Å²) in [6, 6.07) is 46.2. The van der Waals surface area contributed by atoms with E-state index in [2.05, 4.69) is 34.2 Å². The Labute approximate surface area is 277 Å². The molecule has 0 saturated heterocycles. The Morgan fingerprint density at radius 2 is 0.708 bits per heavy atom. The van der Waals surface area contributed by atoms with Crippen LogP contribution in [0, 0.1) is 0 Å². The van der Waals surface area contributed by atoms with Crippen LogP contribution in [-0.4, -0.2) is 34.9 Å². The summed E-state index contributed by atoms with van der Waals surface area (Å²) in [5, 5.41) is 0. The quantitative estimate of drug-likeness (QED) is 0.176. The van der Waals surface area contributed by atoms with Crippen molar-refractivity contribution >= 4 is 0 Å². The third kappa shape index (κ3) is 6.08. The molecule has 0 saturated carbocycles. The molecule has 0 atom stereocenters. The van der Waals surface area contributed by atoms with E-state index < -0.39 is 0 Å². The maximum Gasteiger partial charge on any atom is 0.164 e. The Balaban J connectivity index is 1.21. The fourth-order valence-corrected chi connectivity index (χ4v) is 5.51. The van der Waals surface area contributed by atoms with Gasteiger partial charge >= 0.3 is 0 Å². The molecule has 226 valence electrons. The van der Waals surface area contributed by atoms with Gasteiger partial charge in [-0.2, -0.15) is 0 Å². The maximum absolute atomic E-state index is 5.14. The predicted octanol–water partition coefficient (Wildman–Crippen LogP) is 9.12. The lowest BCUT2D eigenvalue weighted by Crippen LogP contribution is -2.00. The van der Waals surface area contributed by atoms with E-state index in [1.807, 2.05) is 128 Å². The van der Waals surface area contributed by atoms with Crippen molar-refractivity contribution in [1.82, 2.24) is 34.9 Å². The fourth-order valence-electron chi connectivity index (χ4n) is 5.51. The first-order chi connectivity index (χ1) is 23.8. The first-order valence-corrected chi connectivity index (χ1v) is 15.5. The van der Waals surface area contributed by atoms with Crippen LogP contribution in [0.2, 0.25) is 0 Å². The summed E-state index contributed by atoms with van der Waals surface area (Å²) in [6.07, 6.45) is 7.16. The van der Waals surface area contributed by atoms with Crippen LogP contribution in [0.3, 0.4) is 0 Å². The van der Waals surface area contributed by atoms with Crippen molar-refractivity contribution in [3.63, 3.8) is 0 Å². The van der Waals surface area contributed by atoms with Crippen molar-refractivity contribution in [1.29, 1.82) is 0 Å². The Morgan fingerprint density at radius 1 is 0.271 bits per heavy atom. The minimum absolute atomic E-state index is 0.595. The van der Waals surface area contributed by atoms with Crippen LogP contribution in [0.4, 0.5) is 0 Å². The average molecular weight is 618 g/mol. The van der Waals surface area contributed by atoms with Gasteiger partial charge in [0.15, 0.2) is 17.5 Å². The number of aromatic nitrogens is 7. The molecular formula is C41H27N7. The molecule has 7 nitrogen and oxygen atoms in total. The van der Waals surface area contributed by atoms with E-state index in [9.17, 15) is 0 Å². The van der Waals surface area contributed by atoms with Crippen molar-refractivity contribution in [3.8, 4) is 79.2 Å². The first-order valence-electron chi connectivity index (χ1n) is 15.5. The molecule has 0 bridgehead atoms. The Morgan fingerprint density at radius 3 is 1.25 bits per heavy atom. The van der Waals surface area contributed by atoms with Crippen LogP contribution in [0.15, 0.2) is 164 Å². The highest BCUT2D eigenvalue weighted by Crippen LogP contribution is 2.32. The van der Waals surface area contributed by atoms with E-state index in [0.717, 1.165) is 61.7 Å². The lowest BCUT2D eigenvalue weighted by atomic mass is 10.0. The maximum atomic E-state index is 5.14. The van der Waals surface area contributed by atoms with Gasteiger partial charge in [-0.3, -0.25) is 9.97 Å². The minimum atomic E-state index is 0.595. The second kappa shape index (κ2) is 12.9. The highest BCUT2D eigenvalue weighted by molar-refractivity contribution is 5.77. The second-order valence-electron chi connectivity index (χ2n) is 11.1.